The molecule has 2 rings (SSSR count). The molecule has 0 unspecified atom stereocenters. The zero-order valence-electron chi connectivity index (χ0n) is 15.2. The zero-order valence-corrected chi connectivity index (χ0v) is 15.2. The quantitative estimate of drug-likeness (QED) is 0.663. The molecular formula is C21H28N2O. The van der Waals surface area contributed by atoms with Gasteiger partial charge in [0, 0.05) is 48.7 Å². The molecule has 0 aromatic heterocycles. The number of hydrogen-bond acceptors (Lipinski definition) is 3. The van der Waals surface area contributed by atoms with Crippen LogP contribution in [0.1, 0.15) is 43.6 Å². The van der Waals surface area contributed by atoms with E-state index in [1.807, 2.05) is 36.4 Å². The van der Waals surface area contributed by atoms with Crippen LogP contribution in [0.25, 0.3) is 0 Å². The monoisotopic (exact) mass is 324 g/mol. The lowest BCUT2D eigenvalue weighted by atomic mass is 10.0. The average Bonchev–Trinajstić information content (AvgIpc) is 2.64. The fourth-order valence-electron chi connectivity index (χ4n) is 3.03. The number of rotatable bonds is 8. The minimum atomic E-state index is 0.0815. The molecule has 2 aromatic carbocycles. The molecule has 24 heavy (non-hydrogen) atoms. The van der Waals surface area contributed by atoms with Crippen LogP contribution in [0.5, 0.6) is 0 Å². The SMILES string of the molecule is CCN(CC)c1cccc(C(=O)c2cccc(N(CC)CC)c2)c1. The van der Waals surface area contributed by atoms with E-state index < -0.39 is 0 Å². The molecule has 0 aliphatic carbocycles. The van der Waals surface area contributed by atoms with Gasteiger partial charge in [-0.05, 0) is 52.0 Å². The van der Waals surface area contributed by atoms with E-state index in [9.17, 15) is 4.79 Å². The van der Waals surface area contributed by atoms with E-state index in [1.54, 1.807) is 0 Å². The van der Waals surface area contributed by atoms with Crippen LogP contribution in [0, 0.1) is 0 Å². The molecule has 0 aliphatic heterocycles. The molecular weight excluding hydrogens is 296 g/mol. The van der Waals surface area contributed by atoms with Crippen LogP contribution in [-0.2, 0) is 0 Å². The van der Waals surface area contributed by atoms with Crippen LogP contribution in [-0.4, -0.2) is 32.0 Å². The third-order valence-corrected chi connectivity index (χ3v) is 4.47. The first-order chi connectivity index (χ1) is 11.6. The van der Waals surface area contributed by atoms with Crippen LogP contribution >= 0.6 is 0 Å². The Balaban J connectivity index is 2.32. The molecule has 3 heteroatoms. The van der Waals surface area contributed by atoms with E-state index in [4.69, 9.17) is 0 Å². The molecule has 0 N–H and O–H groups in total. The van der Waals surface area contributed by atoms with Crippen LogP contribution in [0.4, 0.5) is 11.4 Å². The van der Waals surface area contributed by atoms with Crippen molar-refractivity contribution < 1.29 is 4.79 Å². The van der Waals surface area contributed by atoms with E-state index in [0.29, 0.717) is 0 Å². The maximum atomic E-state index is 12.9. The second-order valence-electron chi connectivity index (χ2n) is 5.77. The minimum absolute atomic E-state index is 0.0815. The van der Waals surface area contributed by atoms with Gasteiger partial charge < -0.3 is 9.80 Å². The second-order valence-corrected chi connectivity index (χ2v) is 5.77. The van der Waals surface area contributed by atoms with E-state index in [0.717, 1.165) is 48.7 Å². The number of carbonyl (C=O) groups is 1. The summed E-state index contributed by atoms with van der Waals surface area (Å²) in [6.07, 6.45) is 0. The Morgan fingerprint density at radius 2 is 1.08 bits per heavy atom. The Labute approximate surface area is 145 Å². The molecule has 3 nitrogen and oxygen atoms in total. The molecule has 0 fully saturated rings. The van der Waals surface area contributed by atoms with Gasteiger partial charge in [0.1, 0.15) is 0 Å². The maximum Gasteiger partial charge on any atom is 0.193 e. The van der Waals surface area contributed by atoms with Gasteiger partial charge in [-0.1, -0.05) is 24.3 Å². The Bertz CT molecular complexity index is 616. The lowest BCUT2D eigenvalue weighted by Gasteiger charge is -2.22. The lowest BCUT2D eigenvalue weighted by Crippen LogP contribution is -2.22. The molecule has 0 saturated heterocycles. The molecule has 128 valence electrons. The Kier molecular flexibility index (Phi) is 6.42. The van der Waals surface area contributed by atoms with Gasteiger partial charge >= 0.3 is 0 Å². The smallest absolute Gasteiger partial charge is 0.193 e. The zero-order chi connectivity index (χ0) is 17.5. The van der Waals surface area contributed by atoms with Gasteiger partial charge in [0.2, 0.25) is 0 Å². The highest BCUT2D eigenvalue weighted by Gasteiger charge is 2.13. The largest absolute Gasteiger partial charge is 0.372 e. The average molecular weight is 324 g/mol. The van der Waals surface area contributed by atoms with Crippen molar-refractivity contribution in [2.24, 2.45) is 0 Å². The number of nitrogens with zero attached hydrogens (tertiary/aromatic N) is 2. The van der Waals surface area contributed by atoms with Gasteiger partial charge in [-0.15, -0.1) is 0 Å². The number of ketones is 1. The van der Waals surface area contributed by atoms with Crippen molar-refractivity contribution in [2.75, 3.05) is 36.0 Å². The van der Waals surface area contributed by atoms with E-state index >= 15 is 0 Å². The lowest BCUT2D eigenvalue weighted by molar-refractivity contribution is 0.103. The summed E-state index contributed by atoms with van der Waals surface area (Å²) in [4.78, 5) is 17.4. The highest BCUT2D eigenvalue weighted by atomic mass is 16.1. The molecule has 0 amide bonds. The highest BCUT2D eigenvalue weighted by Crippen LogP contribution is 2.21. The molecule has 0 spiro atoms. The topological polar surface area (TPSA) is 23.6 Å². The van der Waals surface area contributed by atoms with Gasteiger partial charge in [0.05, 0.1) is 0 Å². The van der Waals surface area contributed by atoms with E-state index in [1.165, 1.54) is 0 Å². The summed E-state index contributed by atoms with van der Waals surface area (Å²) in [5.74, 6) is 0.0815. The maximum absolute atomic E-state index is 12.9. The summed E-state index contributed by atoms with van der Waals surface area (Å²) in [5.41, 5.74) is 3.70. The fraction of sp³-hybridized carbons (Fsp3) is 0.381. The molecule has 0 atom stereocenters. The second kappa shape index (κ2) is 8.53. The Hall–Kier alpha value is -2.29. The third-order valence-electron chi connectivity index (χ3n) is 4.47. The van der Waals surface area contributed by atoms with E-state index in [2.05, 4.69) is 49.6 Å². The number of carbonyl (C=O) groups excluding carboxylic acids is 1. The predicted molar refractivity (Wildman–Crippen MR) is 103 cm³/mol. The van der Waals surface area contributed by atoms with Gasteiger partial charge in [-0.3, -0.25) is 4.79 Å². The van der Waals surface area contributed by atoms with Crippen LogP contribution in [0.2, 0.25) is 0 Å². The first-order valence-electron chi connectivity index (χ1n) is 8.89. The summed E-state index contributed by atoms with van der Waals surface area (Å²) < 4.78 is 0. The van der Waals surface area contributed by atoms with Gasteiger partial charge in [-0.25, -0.2) is 0 Å². The summed E-state index contributed by atoms with van der Waals surface area (Å²) in [5, 5.41) is 0. The van der Waals surface area contributed by atoms with Crippen molar-refractivity contribution in [2.45, 2.75) is 27.7 Å². The summed E-state index contributed by atoms with van der Waals surface area (Å²) in [7, 11) is 0. The standard InChI is InChI=1S/C21H28N2O/c1-5-22(6-2)19-13-9-11-17(15-19)21(24)18-12-10-14-20(16-18)23(7-3)8-4/h9-16H,5-8H2,1-4H3. The number of anilines is 2. The van der Waals surface area contributed by atoms with Crippen molar-refractivity contribution in [3.8, 4) is 0 Å². The third kappa shape index (κ3) is 3.97. The summed E-state index contributed by atoms with van der Waals surface area (Å²) in [6, 6.07) is 15.9. The Morgan fingerprint density at radius 3 is 1.42 bits per heavy atom. The molecule has 0 saturated carbocycles. The Morgan fingerprint density at radius 1 is 0.708 bits per heavy atom. The highest BCUT2D eigenvalue weighted by molar-refractivity contribution is 6.09. The van der Waals surface area contributed by atoms with Crippen LogP contribution in [0.3, 0.4) is 0 Å². The van der Waals surface area contributed by atoms with E-state index in [-0.39, 0.29) is 5.78 Å². The van der Waals surface area contributed by atoms with Gasteiger partial charge in [0.25, 0.3) is 0 Å². The van der Waals surface area contributed by atoms with Crippen molar-refractivity contribution in [3.05, 3.63) is 59.7 Å². The van der Waals surface area contributed by atoms with Gasteiger partial charge in [-0.2, -0.15) is 0 Å². The van der Waals surface area contributed by atoms with Crippen molar-refractivity contribution in [1.29, 1.82) is 0 Å². The molecule has 0 heterocycles. The van der Waals surface area contributed by atoms with Gasteiger partial charge in [0.15, 0.2) is 5.78 Å². The van der Waals surface area contributed by atoms with Crippen molar-refractivity contribution in [3.63, 3.8) is 0 Å². The predicted octanol–water partition coefficient (Wildman–Crippen LogP) is 4.61. The minimum Gasteiger partial charge on any atom is -0.372 e. The molecule has 0 aliphatic rings. The number of hydrogen-bond donors (Lipinski definition) is 0. The summed E-state index contributed by atoms with van der Waals surface area (Å²) >= 11 is 0. The van der Waals surface area contributed by atoms with Crippen LogP contribution < -0.4 is 9.80 Å². The fourth-order valence-corrected chi connectivity index (χ4v) is 3.03. The van der Waals surface area contributed by atoms with Crippen molar-refractivity contribution >= 4 is 17.2 Å². The first kappa shape index (κ1) is 18.1. The normalized spacial score (nSPS) is 10.5. The first-order valence-corrected chi connectivity index (χ1v) is 8.89. The molecule has 0 bridgehead atoms. The molecule has 0 radical (unpaired) electrons. The molecule has 2 aromatic rings. The van der Waals surface area contributed by atoms with Crippen molar-refractivity contribution in [1.82, 2.24) is 0 Å². The van der Waals surface area contributed by atoms with Crippen LogP contribution in [0.15, 0.2) is 48.5 Å². The number of benzene rings is 2. The summed E-state index contributed by atoms with van der Waals surface area (Å²) in [6.45, 7) is 12.3.